The fourth-order valence-corrected chi connectivity index (χ4v) is 3.59. The summed E-state index contributed by atoms with van der Waals surface area (Å²) in [5.74, 6) is -2.82. The summed E-state index contributed by atoms with van der Waals surface area (Å²) in [5, 5.41) is 11.8. The molecule has 1 aliphatic rings. The summed E-state index contributed by atoms with van der Waals surface area (Å²) in [4.78, 5) is 27.7. The van der Waals surface area contributed by atoms with Crippen molar-refractivity contribution >= 4 is 40.1 Å². The molecule has 1 aliphatic heterocycles. The lowest BCUT2D eigenvalue weighted by Crippen LogP contribution is -2.39. The van der Waals surface area contributed by atoms with Crippen LogP contribution < -0.4 is 15.0 Å². The average molecular weight is 514 g/mol. The molecule has 2 N–H and O–H groups in total. The number of pyridine rings is 1. The standard InChI is InChI=1S/C21H19ClFN3O2.C2HF3O2/c22-14-1-6-18-19(11-14)24-9-7-20(18)26-10-8-16(12-26)25-21(27)13-28-17-4-2-15(23)3-5-17;3-2(4,5)1(6)7/h1-7,9,11,16H,8,10,12-13H2,(H,25,27);(H,6,7). The largest absolute Gasteiger partial charge is 0.490 e. The van der Waals surface area contributed by atoms with Crippen molar-refractivity contribution in [2.75, 3.05) is 24.6 Å². The van der Waals surface area contributed by atoms with Gasteiger partial charge in [0, 0.05) is 41.4 Å². The Balaban J connectivity index is 0.000000429. The van der Waals surface area contributed by atoms with Gasteiger partial charge in [0.1, 0.15) is 11.6 Å². The summed E-state index contributed by atoms with van der Waals surface area (Å²) in [6.45, 7) is 1.45. The second kappa shape index (κ2) is 11.2. The first-order chi connectivity index (χ1) is 16.5. The summed E-state index contributed by atoms with van der Waals surface area (Å²) in [6, 6.07) is 13.3. The number of rotatable bonds is 5. The van der Waals surface area contributed by atoms with Crippen molar-refractivity contribution in [1.29, 1.82) is 0 Å². The number of nitrogens with one attached hydrogen (secondary N) is 1. The van der Waals surface area contributed by atoms with Gasteiger partial charge in [-0.3, -0.25) is 9.78 Å². The van der Waals surface area contributed by atoms with Gasteiger partial charge in [0.05, 0.1) is 5.52 Å². The normalized spacial score (nSPS) is 15.3. The number of carbonyl (C=O) groups is 2. The number of halogens is 5. The minimum absolute atomic E-state index is 0.0415. The molecule has 0 radical (unpaired) electrons. The second-order valence-corrected chi connectivity index (χ2v) is 7.97. The van der Waals surface area contributed by atoms with Crippen molar-refractivity contribution in [3.8, 4) is 5.75 Å². The van der Waals surface area contributed by atoms with Gasteiger partial charge in [0.2, 0.25) is 0 Å². The molecule has 1 amide bonds. The quantitative estimate of drug-likeness (QED) is 0.490. The fourth-order valence-electron chi connectivity index (χ4n) is 3.43. The number of amides is 1. The highest BCUT2D eigenvalue weighted by atomic mass is 35.5. The molecule has 4 rings (SSSR count). The van der Waals surface area contributed by atoms with Crippen molar-refractivity contribution < 1.29 is 37.0 Å². The molecule has 1 aromatic heterocycles. The molecule has 1 fully saturated rings. The zero-order valence-corrected chi connectivity index (χ0v) is 18.8. The van der Waals surface area contributed by atoms with Crippen LogP contribution in [0.25, 0.3) is 10.9 Å². The molecule has 7 nitrogen and oxygen atoms in total. The highest BCUT2D eigenvalue weighted by Crippen LogP contribution is 2.29. The summed E-state index contributed by atoms with van der Waals surface area (Å²) in [6.07, 6.45) is -2.46. The van der Waals surface area contributed by atoms with Gasteiger partial charge in [-0.15, -0.1) is 0 Å². The summed E-state index contributed by atoms with van der Waals surface area (Å²) < 4.78 is 50.0. The number of fused-ring (bicyclic) bond motifs is 1. The molecule has 1 saturated heterocycles. The molecule has 0 bridgehead atoms. The third-order valence-electron chi connectivity index (χ3n) is 5.00. The molecule has 35 heavy (non-hydrogen) atoms. The summed E-state index contributed by atoms with van der Waals surface area (Å²) in [5.41, 5.74) is 1.94. The maximum absolute atomic E-state index is 12.9. The topological polar surface area (TPSA) is 91.8 Å². The fraction of sp³-hybridized carbons (Fsp3) is 0.261. The SMILES string of the molecule is O=C(COc1ccc(F)cc1)NC1CCN(c2ccnc3cc(Cl)ccc23)C1.O=C(O)C(F)(F)F. The van der Waals surface area contributed by atoms with Crippen LogP contribution in [-0.4, -0.2) is 53.9 Å². The van der Waals surface area contributed by atoms with E-state index in [2.05, 4.69) is 15.2 Å². The van der Waals surface area contributed by atoms with Gasteiger partial charge in [0.25, 0.3) is 5.91 Å². The molecule has 0 saturated carbocycles. The number of nitrogens with zero attached hydrogens (tertiary/aromatic N) is 2. The lowest BCUT2D eigenvalue weighted by molar-refractivity contribution is -0.192. The zero-order chi connectivity index (χ0) is 25.6. The number of benzene rings is 2. The molecule has 2 aromatic carbocycles. The maximum atomic E-state index is 12.9. The third kappa shape index (κ3) is 7.44. The summed E-state index contributed by atoms with van der Waals surface area (Å²) in [7, 11) is 0. The Morgan fingerprint density at radius 3 is 2.51 bits per heavy atom. The van der Waals surface area contributed by atoms with Crippen LogP contribution in [0.2, 0.25) is 5.02 Å². The Morgan fingerprint density at radius 1 is 1.17 bits per heavy atom. The number of anilines is 1. The van der Waals surface area contributed by atoms with Gasteiger partial charge < -0.3 is 20.1 Å². The average Bonchev–Trinajstić information content (AvgIpc) is 3.26. The predicted octanol–water partition coefficient (Wildman–Crippen LogP) is 4.43. The van der Waals surface area contributed by atoms with Crippen LogP contribution in [0.15, 0.2) is 54.7 Å². The molecule has 0 spiro atoms. The Kier molecular flexibility index (Phi) is 8.34. The predicted molar refractivity (Wildman–Crippen MR) is 121 cm³/mol. The number of carboxylic acid groups (broad SMARTS) is 1. The lowest BCUT2D eigenvalue weighted by Gasteiger charge is -2.21. The summed E-state index contributed by atoms with van der Waals surface area (Å²) >= 11 is 6.06. The van der Waals surface area contributed by atoms with Crippen molar-refractivity contribution in [1.82, 2.24) is 10.3 Å². The molecular formula is C23H20ClF4N3O4. The van der Waals surface area contributed by atoms with Gasteiger partial charge in [-0.1, -0.05) is 11.6 Å². The second-order valence-electron chi connectivity index (χ2n) is 7.54. The van der Waals surface area contributed by atoms with Gasteiger partial charge >= 0.3 is 12.1 Å². The number of hydrogen-bond acceptors (Lipinski definition) is 5. The zero-order valence-electron chi connectivity index (χ0n) is 18.1. The number of aromatic nitrogens is 1. The van der Waals surface area contributed by atoms with E-state index in [4.69, 9.17) is 26.2 Å². The minimum Gasteiger partial charge on any atom is -0.484 e. The van der Waals surface area contributed by atoms with Crippen LogP contribution in [0.1, 0.15) is 6.42 Å². The van der Waals surface area contributed by atoms with E-state index >= 15 is 0 Å². The van der Waals surface area contributed by atoms with E-state index in [1.807, 2.05) is 24.3 Å². The van der Waals surface area contributed by atoms with Crippen LogP contribution in [0.3, 0.4) is 0 Å². The van der Waals surface area contributed by atoms with Crippen molar-refractivity contribution in [3.05, 3.63) is 65.6 Å². The Labute approximate surface area is 202 Å². The first kappa shape index (κ1) is 26.0. The number of alkyl halides is 3. The number of hydrogen-bond donors (Lipinski definition) is 2. The first-order valence-electron chi connectivity index (χ1n) is 10.3. The van der Waals surface area contributed by atoms with E-state index in [0.29, 0.717) is 17.3 Å². The van der Waals surface area contributed by atoms with Gasteiger partial charge in [-0.05, 0) is 55.0 Å². The monoisotopic (exact) mass is 513 g/mol. The van der Waals surface area contributed by atoms with E-state index in [1.165, 1.54) is 24.3 Å². The Hall–Kier alpha value is -3.60. The molecule has 3 aromatic rings. The van der Waals surface area contributed by atoms with Gasteiger partial charge in [0.15, 0.2) is 6.61 Å². The number of carbonyl (C=O) groups excluding carboxylic acids is 1. The highest BCUT2D eigenvalue weighted by Gasteiger charge is 2.38. The number of ether oxygens (including phenoxy) is 1. The van der Waals surface area contributed by atoms with Crippen molar-refractivity contribution in [3.63, 3.8) is 0 Å². The smallest absolute Gasteiger partial charge is 0.484 e. The van der Waals surface area contributed by atoms with E-state index in [1.54, 1.807) is 6.20 Å². The number of carboxylic acids is 1. The molecular weight excluding hydrogens is 494 g/mol. The van der Waals surface area contributed by atoms with Crippen LogP contribution in [0.5, 0.6) is 5.75 Å². The Morgan fingerprint density at radius 2 is 1.86 bits per heavy atom. The van der Waals surface area contributed by atoms with E-state index < -0.39 is 12.1 Å². The van der Waals surface area contributed by atoms with Crippen LogP contribution in [0.4, 0.5) is 23.2 Å². The lowest BCUT2D eigenvalue weighted by atomic mass is 10.2. The van der Waals surface area contributed by atoms with Crippen LogP contribution in [-0.2, 0) is 9.59 Å². The molecule has 0 aliphatic carbocycles. The van der Waals surface area contributed by atoms with Crippen LogP contribution >= 0.6 is 11.6 Å². The van der Waals surface area contributed by atoms with Crippen molar-refractivity contribution in [2.24, 2.45) is 0 Å². The molecule has 186 valence electrons. The van der Waals surface area contributed by atoms with Crippen molar-refractivity contribution in [2.45, 2.75) is 18.6 Å². The highest BCUT2D eigenvalue weighted by molar-refractivity contribution is 6.31. The Bertz CT molecular complexity index is 1190. The van der Waals surface area contributed by atoms with E-state index in [-0.39, 0.29) is 24.4 Å². The van der Waals surface area contributed by atoms with Gasteiger partial charge in [-0.25, -0.2) is 9.18 Å². The molecule has 1 atom stereocenters. The first-order valence-corrected chi connectivity index (χ1v) is 10.7. The number of aliphatic carboxylic acids is 1. The van der Waals surface area contributed by atoms with E-state index in [0.717, 1.165) is 29.6 Å². The molecule has 2 heterocycles. The third-order valence-corrected chi connectivity index (χ3v) is 5.24. The van der Waals surface area contributed by atoms with Gasteiger partial charge in [-0.2, -0.15) is 13.2 Å². The van der Waals surface area contributed by atoms with Crippen LogP contribution in [0, 0.1) is 5.82 Å². The van der Waals surface area contributed by atoms with E-state index in [9.17, 15) is 22.4 Å². The molecule has 1 unspecified atom stereocenters. The maximum Gasteiger partial charge on any atom is 0.490 e. The molecule has 12 heteroatoms. The minimum atomic E-state index is -5.08.